The van der Waals surface area contributed by atoms with Crippen molar-refractivity contribution in [3.05, 3.63) is 34.6 Å². The van der Waals surface area contributed by atoms with Gasteiger partial charge in [-0.3, -0.25) is 4.79 Å². The minimum absolute atomic E-state index is 0.200. The Morgan fingerprint density at radius 1 is 1.38 bits per heavy atom. The van der Waals surface area contributed by atoms with Crippen molar-refractivity contribution in [2.75, 3.05) is 13.2 Å². The highest BCUT2D eigenvalue weighted by Gasteiger charge is 2.38. The van der Waals surface area contributed by atoms with Gasteiger partial charge in [0, 0.05) is 19.0 Å². The first kappa shape index (κ1) is 15.5. The first-order valence-corrected chi connectivity index (χ1v) is 7.25. The van der Waals surface area contributed by atoms with Crippen LogP contribution in [0.25, 0.3) is 0 Å². The van der Waals surface area contributed by atoms with Crippen LogP contribution in [-0.4, -0.2) is 29.9 Å². The highest BCUT2D eigenvalue weighted by Crippen LogP contribution is 2.35. The molecule has 0 radical (unpaired) electrons. The molecule has 0 saturated heterocycles. The van der Waals surface area contributed by atoms with Gasteiger partial charge in [-0.15, -0.1) is 0 Å². The summed E-state index contributed by atoms with van der Waals surface area (Å²) in [6, 6.07) is 2.14. The van der Waals surface area contributed by atoms with E-state index in [1.54, 1.807) is 13.0 Å². The lowest BCUT2D eigenvalue weighted by atomic mass is 9.87. The largest absolute Gasteiger partial charge is 0.464 e. The molecule has 114 valence electrons. The predicted octanol–water partition coefficient (Wildman–Crippen LogP) is 2.40. The number of carbonyl (C=O) groups is 2. The van der Waals surface area contributed by atoms with Crippen molar-refractivity contribution in [1.29, 1.82) is 0 Å². The molecule has 21 heavy (non-hydrogen) atoms. The Morgan fingerprint density at radius 3 is 2.67 bits per heavy atom. The summed E-state index contributed by atoms with van der Waals surface area (Å²) in [4.78, 5) is 25.4. The second-order valence-corrected chi connectivity index (χ2v) is 5.07. The third kappa shape index (κ3) is 2.77. The second kappa shape index (κ2) is 6.24. The van der Waals surface area contributed by atoms with Crippen molar-refractivity contribution < 1.29 is 18.7 Å². The van der Waals surface area contributed by atoms with E-state index in [2.05, 4.69) is 0 Å². The number of esters is 1. The van der Waals surface area contributed by atoms with Gasteiger partial charge >= 0.3 is 5.97 Å². The number of aryl methyl sites for hydroxylation is 1. The van der Waals surface area contributed by atoms with Gasteiger partial charge in [-0.1, -0.05) is 13.0 Å². The fourth-order valence-electron chi connectivity index (χ4n) is 2.93. The maximum absolute atomic E-state index is 14.3. The van der Waals surface area contributed by atoms with E-state index in [4.69, 9.17) is 4.74 Å². The normalized spacial score (nSPS) is 17.3. The molecule has 2 rings (SSSR count). The number of hydrogen-bond acceptors (Lipinski definition) is 3. The Balaban J connectivity index is 2.58. The van der Waals surface area contributed by atoms with E-state index in [1.165, 1.54) is 17.9 Å². The molecule has 5 heteroatoms. The fourth-order valence-corrected chi connectivity index (χ4v) is 2.93. The molecule has 4 nitrogen and oxygen atoms in total. The summed E-state index contributed by atoms with van der Waals surface area (Å²) in [5.74, 6) is -1.27. The van der Waals surface area contributed by atoms with E-state index < -0.39 is 17.8 Å². The van der Waals surface area contributed by atoms with Gasteiger partial charge in [-0.25, -0.2) is 9.18 Å². The first-order valence-electron chi connectivity index (χ1n) is 7.25. The molecule has 0 spiro atoms. The SMILES string of the molecule is CCOC(=O)C1c2c(F)ccc(CC)c2CCN1C(C)=O. The van der Waals surface area contributed by atoms with Crippen molar-refractivity contribution in [2.24, 2.45) is 0 Å². The second-order valence-electron chi connectivity index (χ2n) is 5.07. The maximum Gasteiger partial charge on any atom is 0.333 e. The Hall–Kier alpha value is -1.91. The number of carbonyl (C=O) groups excluding carboxylic acids is 2. The van der Waals surface area contributed by atoms with Crippen molar-refractivity contribution in [3.8, 4) is 0 Å². The van der Waals surface area contributed by atoms with Crippen LogP contribution in [0.4, 0.5) is 4.39 Å². The summed E-state index contributed by atoms with van der Waals surface area (Å²) >= 11 is 0. The van der Waals surface area contributed by atoms with E-state index in [0.29, 0.717) is 18.5 Å². The molecule has 0 bridgehead atoms. The van der Waals surface area contributed by atoms with Crippen LogP contribution in [0.1, 0.15) is 43.5 Å². The summed E-state index contributed by atoms with van der Waals surface area (Å²) < 4.78 is 19.4. The summed E-state index contributed by atoms with van der Waals surface area (Å²) in [6.07, 6.45) is 1.32. The molecule has 1 aromatic rings. The highest BCUT2D eigenvalue weighted by atomic mass is 19.1. The molecule has 0 aliphatic carbocycles. The predicted molar refractivity (Wildman–Crippen MR) is 76.2 cm³/mol. The van der Waals surface area contributed by atoms with Gasteiger partial charge in [0.15, 0.2) is 6.04 Å². The molecule has 0 aromatic heterocycles. The minimum Gasteiger partial charge on any atom is -0.464 e. The summed E-state index contributed by atoms with van der Waals surface area (Å²) in [5, 5.41) is 0. The number of nitrogens with zero attached hydrogens (tertiary/aromatic N) is 1. The van der Waals surface area contributed by atoms with Crippen LogP contribution in [0.2, 0.25) is 0 Å². The highest BCUT2D eigenvalue weighted by molar-refractivity contribution is 5.85. The number of rotatable bonds is 3. The minimum atomic E-state index is -0.974. The number of hydrogen-bond donors (Lipinski definition) is 0. The molecule has 0 fully saturated rings. The number of benzene rings is 1. The topological polar surface area (TPSA) is 46.6 Å². The van der Waals surface area contributed by atoms with Crippen LogP contribution in [0.15, 0.2) is 12.1 Å². The molecule has 0 N–H and O–H groups in total. The van der Waals surface area contributed by atoms with Gasteiger partial charge in [0.2, 0.25) is 5.91 Å². The smallest absolute Gasteiger partial charge is 0.333 e. The molecule has 1 aromatic carbocycles. The van der Waals surface area contributed by atoms with Crippen molar-refractivity contribution in [2.45, 2.75) is 39.7 Å². The summed E-state index contributed by atoms with van der Waals surface area (Å²) in [6.45, 7) is 5.68. The third-order valence-electron chi connectivity index (χ3n) is 3.88. The molecular formula is C16H20FNO3. The Labute approximate surface area is 123 Å². The van der Waals surface area contributed by atoms with E-state index >= 15 is 0 Å². The molecule has 1 unspecified atom stereocenters. The average molecular weight is 293 g/mol. The molecule has 1 heterocycles. The van der Waals surface area contributed by atoms with Gasteiger partial charge in [0.25, 0.3) is 0 Å². The lowest BCUT2D eigenvalue weighted by Crippen LogP contribution is -2.44. The molecule has 1 atom stereocenters. The van der Waals surface area contributed by atoms with E-state index in [0.717, 1.165) is 17.5 Å². The van der Waals surface area contributed by atoms with Gasteiger partial charge in [0.1, 0.15) is 5.82 Å². The molecule has 0 saturated carbocycles. The van der Waals surface area contributed by atoms with Crippen LogP contribution in [0.3, 0.4) is 0 Å². The number of amides is 1. The Kier molecular flexibility index (Phi) is 4.60. The quantitative estimate of drug-likeness (QED) is 0.804. The fraction of sp³-hybridized carbons (Fsp3) is 0.500. The standard InChI is InChI=1S/C16H20FNO3/c1-4-11-6-7-13(17)14-12(11)8-9-18(10(3)19)15(14)16(20)21-5-2/h6-7,15H,4-5,8-9H2,1-3H3. The van der Waals surface area contributed by atoms with Crippen molar-refractivity contribution in [3.63, 3.8) is 0 Å². The molecular weight excluding hydrogens is 273 g/mol. The van der Waals surface area contributed by atoms with Crippen LogP contribution in [-0.2, 0) is 27.2 Å². The van der Waals surface area contributed by atoms with Gasteiger partial charge in [-0.2, -0.15) is 0 Å². The van der Waals surface area contributed by atoms with Crippen LogP contribution >= 0.6 is 0 Å². The molecule has 1 aliphatic rings. The van der Waals surface area contributed by atoms with Crippen LogP contribution < -0.4 is 0 Å². The molecule has 1 aliphatic heterocycles. The van der Waals surface area contributed by atoms with Gasteiger partial charge < -0.3 is 9.64 Å². The summed E-state index contributed by atoms with van der Waals surface area (Å²) in [7, 11) is 0. The molecule has 1 amide bonds. The van der Waals surface area contributed by atoms with Gasteiger partial charge in [-0.05, 0) is 37.0 Å². The third-order valence-corrected chi connectivity index (χ3v) is 3.88. The average Bonchev–Trinajstić information content (AvgIpc) is 2.46. The lowest BCUT2D eigenvalue weighted by Gasteiger charge is -2.36. The Morgan fingerprint density at radius 2 is 2.10 bits per heavy atom. The number of ether oxygens (including phenoxy) is 1. The van der Waals surface area contributed by atoms with Crippen molar-refractivity contribution in [1.82, 2.24) is 4.90 Å². The van der Waals surface area contributed by atoms with E-state index in [-0.39, 0.29) is 12.5 Å². The zero-order chi connectivity index (χ0) is 15.6. The maximum atomic E-state index is 14.3. The van der Waals surface area contributed by atoms with Crippen LogP contribution in [0.5, 0.6) is 0 Å². The monoisotopic (exact) mass is 293 g/mol. The summed E-state index contributed by atoms with van der Waals surface area (Å²) in [5.41, 5.74) is 2.16. The number of halogens is 1. The zero-order valence-electron chi connectivity index (χ0n) is 12.6. The van der Waals surface area contributed by atoms with Crippen molar-refractivity contribution >= 4 is 11.9 Å². The number of fused-ring (bicyclic) bond motifs is 1. The van der Waals surface area contributed by atoms with E-state index in [9.17, 15) is 14.0 Å². The van der Waals surface area contributed by atoms with Gasteiger partial charge in [0.05, 0.1) is 6.61 Å². The first-order chi connectivity index (χ1) is 10.0. The van der Waals surface area contributed by atoms with E-state index in [1.807, 2.05) is 6.92 Å². The zero-order valence-corrected chi connectivity index (χ0v) is 12.6. The Bertz CT molecular complexity index is 571. The van der Waals surface area contributed by atoms with Crippen LogP contribution in [0, 0.1) is 5.82 Å². The lowest BCUT2D eigenvalue weighted by molar-refractivity contribution is -0.155.